The second kappa shape index (κ2) is 6.03. The molecule has 21 heavy (non-hydrogen) atoms. The summed E-state index contributed by atoms with van der Waals surface area (Å²) >= 11 is 5.94. The average Bonchev–Trinajstić information content (AvgIpc) is 2.93. The highest BCUT2D eigenvalue weighted by Crippen LogP contribution is 2.31. The van der Waals surface area contributed by atoms with E-state index in [1.807, 2.05) is 29.9 Å². The van der Waals surface area contributed by atoms with Crippen molar-refractivity contribution in [1.82, 2.24) is 14.5 Å². The topological polar surface area (TPSA) is 54.2 Å². The minimum Gasteiger partial charge on any atom is -0.385 e. The minimum atomic E-state index is -0.492. The van der Waals surface area contributed by atoms with Gasteiger partial charge in [-0.2, -0.15) is 0 Å². The maximum Gasteiger partial charge on any atom is 0.137 e. The smallest absolute Gasteiger partial charge is 0.137 e. The number of halogens is 1. The van der Waals surface area contributed by atoms with Crippen LogP contribution in [0.4, 0.5) is 5.69 Å². The number of hydrogen-bond donors (Lipinski definition) is 1. The van der Waals surface area contributed by atoms with Crippen molar-refractivity contribution in [3.8, 4) is 0 Å². The third kappa shape index (κ3) is 3.04. The Labute approximate surface area is 129 Å². The quantitative estimate of drug-likeness (QED) is 0.885. The van der Waals surface area contributed by atoms with Crippen molar-refractivity contribution in [2.75, 3.05) is 18.0 Å². The van der Waals surface area contributed by atoms with Gasteiger partial charge in [0.15, 0.2) is 0 Å². The van der Waals surface area contributed by atoms with Crippen molar-refractivity contribution in [3.63, 3.8) is 0 Å². The third-order valence-electron chi connectivity index (χ3n) is 4.18. The number of aromatic nitrogens is 3. The second-order valence-corrected chi connectivity index (χ2v) is 5.89. The van der Waals surface area contributed by atoms with E-state index < -0.39 is 6.10 Å². The highest BCUT2D eigenvalue weighted by molar-refractivity contribution is 6.29. The molecular formula is C15H19ClN4O. The predicted molar refractivity (Wildman–Crippen MR) is 82.4 cm³/mol. The maximum absolute atomic E-state index is 10.5. The van der Waals surface area contributed by atoms with Gasteiger partial charge in [0.05, 0.1) is 0 Å². The summed E-state index contributed by atoms with van der Waals surface area (Å²) in [5.41, 5.74) is 1.10. The fourth-order valence-corrected chi connectivity index (χ4v) is 3.10. The Balaban J connectivity index is 1.64. The number of rotatable bonds is 3. The van der Waals surface area contributed by atoms with E-state index in [1.165, 1.54) is 0 Å². The lowest BCUT2D eigenvalue weighted by molar-refractivity contribution is 0.0825. The van der Waals surface area contributed by atoms with Crippen LogP contribution in [-0.2, 0) is 7.05 Å². The standard InChI is InChI=1S/C15H19ClN4O/c1-19-9-6-18-15(19)14(21)11-3-7-20(8-4-11)12-2-5-17-13(16)10-12/h2,5-6,9-11,14,21H,3-4,7-8H2,1H3. The van der Waals surface area contributed by atoms with Crippen LogP contribution in [0.5, 0.6) is 0 Å². The van der Waals surface area contributed by atoms with Gasteiger partial charge in [-0.3, -0.25) is 0 Å². The molecule has 2 aromatic rings. The third-order valence-corrected chi connectivity index (χ3v) is 4.39. The zero-order chi connectivity index (χ0) is 14.8. The van der Waals surface area contributed by atoms with Crippen LogP contribution in [0.15, 0.2) is 30.7 Å². The van der Waals surface area contributed by atoms with E-state index in [-0.39, 0.29) is 5.92 Å². The summed E-state index contributed by atoms with van der Waals surface area (Å²) in [5, 5.41) is 11.0. The molecule has 1 saturated heterocycles. The number of nitrogens with zero attached hydrogens (tertiary/aromatic N) is 4. The number of piperidine rings is 1. The molecule has 0 saturated carbocycles. The van der Waals surface area contributed by atoms with Crippen LogP contribution in [-0.4, -0.2) is 32.7 Å². The Morgan fingerprint density at radius 3 is 2.67 bits per heavy atom. The predicted octanol–water partition coefficient (Wildman–Crippen LogP) is 2.42. The molecule has 0 aliphatic carbocycles. The number of imidazole rings is 1. The summed E-state index contributed by atoms with van der Waals surface area (Å²) in [5.74, 6) is 1.00. The molecule has 5 nitrogen and oxygen atoms in total. The molecule has 0 spiro atoms. The number of hydrogen-bond acceptors (Lipinski definition) is 4. The van der Waals surface area contributed by atoms with Gasteiger partial charge >= 0.3 is 0 Å². The molecule has 1 aliphatic heterocycles. The van der Waals surface area contributed by atoms with E-state index >= 15 is 0 Å². The fourth-order valence-electron chi connectivity index (χ4n) is 2.94. The van der Waals surface area contributed by atoms with Crippen LogP contribution < -0.4 is 4.90 Å². The molecule has 1 aliphatic rings. The van der Waals surface area contributed by atoms with Gasteiger partial charge in [-0.05, 0) is 30.9 Å². The molecule has 1 atom stereocenters. The van der Waals surface area contributed by atoms with Crippen LogP contribution in [0, 0.1) is 5.92 Å². The summed E-state index contributed by atoms with van der Waals surface area (Å²) in [6, 6.07) is 3.86. The van der Waals surface area contributed by atoms with E-state index in [0.717, 1.165) is 37.4 Å². The largest absolute Gasteiger partial charge is 0.385 e. The Bertz CT molecular complexity index is 607. The monoisotopic (exact) mass is 306 g/mol. The molecule has 2 aromatic heterocycles. The summed E-state index contributed by atoms with van der Waals surface area (Å²) in [7, 11) is 1.92. The molecule has 6 heteroatoms. The van der Waals surface area contributed by atoms with Gasteiger partial charge < -0.3 is 14.6 Å². The Hall–Kier alpha value is -1.59. The Kier molecular flexibility index (Phi) is 4.12. The van der Waals surface area contributed by atoms with Crippen molar-refractivity contribution < 1.29 is 5.11 Å². The average molecular weight is 307 g/mol. The lowest BCUT2D eigenvalue weighted by Crippen LogP contribution is -2.36. The molecule has 1 fully saturated rings. The highest BCUT2D eigenvalue weighted by atomic mass is 35.5. The molecule has 0 radical (unpaired) electrons. The molecule has 1 unspecified atom stereocenters. The fraction of sp³-hybridized carbons (Fsp3) is 0.467. The van der Waals surface area contributed by atoms with E-state index in [0.29, 0.717) is 5.15 Å². The van der Waals surface area contributed by atoms with Crippen molar-refractivity contribution in [2.24, 2.45) is 13.0 Å². The molecule has 0 amide bonds. The van der Waals surface area contributed by atoms with Gasteiger partial charge in [-0.15, -0.1) is 0 Å². The SMILES string of the molecule is Cn1ccnc1C(O)C1CCN(c2ccnc(Cl)c2)CC1. The Morgan fingerprint density at radius 2 is 2.05 bits per heavy atom. The van der Waals surface area contributed by atoms with Crippen molar-refractivity contribution in [1.29, 1.82) is 0 Å². The first-order valence-electron chi connectivity index (χ1n) is 7.17. The van der Waals surface area contributed by atoms with Gasteiger partial charge in [0.1, 0.15) is 17.1 Å². The van der Waals surface area contributed by atoms with Gasteiger partial charge in [-0.25, -0.2) is 9.97 Å². The van der Waals surface area contributed by atoms with E-state index in [2.05, 4.69) is 14.9 Å². The number of anilines is 1. The first-order valence-corrected chi connectivity index (χ1v) is 7.55. The number of aryl methyl sites for hydroxylation is 1. The highest BCUT2D eigenvalue weighted by Gasteiger charge is 2.28. The zero-order valence-electron chi connectivity index (χ0n) is 12.0. The molecule has 3 heterocycles. The van der Waals surface area contributed by atoms with E-state index in [9.17, 15) is 5.11 Å². The van der Waals surface area contributed by atoms with Crippen molar-refractivity contribution in [2.45, 2.75) is 18.9 Å². The number of aliphatic hydroxyl groups is 1. The molecule has 0 aromatic carbocycles. The molecule has 112 valence electrons. The van der Waals surface area contributed by atoms with Gasteiger partial charge in [-0.1, -0.05) is 11.6 Å². The van der Waals surface area contributed by atoms with Crippen molar-refractivity contribution >= 4 is 17.3 Å². The molecule has 0 bridgehead atoms. The minimum absolute atomic E-state index is 0.250. The van der Waals surface area contributed by atoms with Crippen LogP contribution >= 0.6 is 11.6 Å². The van der Waals surface area contributed by atoms with Crippen LogP contribution in [0.3, 0.4) is 0 Å². The first kappa shape index (κ1) is 14.4. The summed E-state index contributed by atoms with van der Waals surface area (Å²) in [4.78, 5) is 10.5. The van der Waals surface area contributed by atoms with E-state index in [1.54, 1.807) is 12.4 Å². The molecule has 3 rings (SSSR count). The van der Waals surface area contributed by atoms with Gasteiger partial charge in [0, 0.05) is 44.4 Å². The molecule has 1 N–H and O–H groups in total. The number of pyridine rings is 1. The van der Waals surface area contributed by atoms with Gasteiger partial charge in [0.25, 0.3) is 0 Å². The van der Waals surface area contributed by atoms with Crippen LogP contribution in [0.2, 0.25) is 5.15 Å². The summed E-state index contributed by atoms with van der Waals surface area (Å²) in [6.45, 7) is 1.82. The first-order chi connectivity index (χ1) is 10.1. The normalized spacial score (nSPS) is 18.0. The summed E-state index contributed by atoms with van der Waals surface area (Å²) < 4.78 is 1.89. The zero-order valence-corrected chi connectivity index (χ0v) is 12.7. The van der Waals surface area contributed by atoms with E-state index in [4.69, 9.17) is 11.6 Å². The molecular weight excluding hydrogens is 288 g/mol. The van der Waals surface area contributed by atoms with Crippen LogP contribution in [0.25, 0.3) is 0 Å². The maximum atomic E-state index is 10.5. The number of aliphatic hydroxyl groups excluding tert-OH is 1. The van der Waals surface area contributed by atoms with Gasteiger partial charge in [0.2, 0.25) is 0 Å². The lowest BCUT2D eigenvalue weighted by atomic mass is 9.90. The summed E-state index contributed by atoms with van der Waals surface area (Å²) in [6.07, 6.45) is 6.71. The van der Waals surface area contributed by atoms with Crippen LogP contribution in [0.1, 0.15) is 24.8 Å². The lowest BCUT2D eigenvalue weighted by Gasteiger charge is -2.35. The second-order valence-electron chi connectivity index (χ2n) is 5.50. The van der Waals surface area contributed by atoms with Crippen molar-refractivity contribution in [3.05, 3.63) is 41.7 Å². The Morgan fingerprint density at radius 1 is 1.29 bits per heavy atom.